The van der Waals surface area contributed by atoms with E-state index in [9.17, 15) is 4.79 Å². The first-order chi connectivity index (χ1) is 9.33. The Bertz CT molecular complexity index is 428. The van der Waals surface area contributed by atoms with Gasteiger partial charge in [-0.25, -0.2) is 0 Å². The van der Waals surface area contributed by atoms with Crippen molar-refractivity contribution in [3.63, 3.8) is 0 Å². The summed E-state index contributed by atoms with van der Waals surface area (Å²) in [5.74, 6) is 1.07. The molecule has 0 radical (unpaired) electrons. The Balaban J connectivity index is 1.74. The van der Waals surface area contributed by atoms with Crippen molar-refractivity contribution in [2.24, 2.45) is 0 Å². The fraction of sp³-hybridized carbons (Fsp3) is 0.533. The highest BCUT2D eigenvalue weighted by molar-refractivity contribution is 6.01. The smallest absolute Gasteiger partial charge is 0.163 e. The summed E-state index contributed by atoms with van der Waals surface area (Å²) in [7, 11) is 1.66. The Hall–Kier alpha value is -1.39. The van der Waals surface area contributed by atoms with Gasteiger partial charge in [0.1, 0.15) is 5.75 Å². The van der Waals surface area contributed by atoms with Crippen LogP contribution in [-0.4, -0.2) is 39.3 Å². The Morgan fingerprint density at radius 3 is 2.84 bits per heavy atom. The van der Waals surface area contributed by atoms with Gasteiger partial charge in [0.15, 0.2) is 5.78 Å². The number of hydrogen-bond acceptors (Lipinski definition) is 4. The maximum Gasteiger partial charge on any atom is 0.163 e. The summed E-state index contributed by atoms with van der Waals surface area (Å²) >= 11 is 0. The van der Waals surface area contributed by atoms with Crippen LogP contribution in [0.1, 0.15) is 28.8 Å². The van der Waals surface area contributed by atoms with Crippen LogP contribution in [0.5, 0.6) is 5.75 Å². The van der Waals surface area contributed by atoms with E-state index in [1.54, 1.807) is 7.11 Å². The van der Waals surface area contributed by atoms with Crippen molar-refractivity contribution in [3.05, 3.63) is 29.3 Å². The molecular formula is C15H20O4. The first kappa shape index (κ1) is 14.0. The molecule has 4 heteroatoms. The number of methoxy groups -OCH3 is 1. The maximum absolute atomic E-state index is 11.6. The van der Waals surface area contributed by atoms with Gasteiger partial charge in [0.05, 0.1) is 19.8 Å². The highest BCUT2D eigenvalue weighted by Gasteiger charge is 2.22. The molecule has 0 N–H and O–H groups in total. The third-order valence-electron chi connectivity index (χ3n) is 3.16. The number of Topliss-reactive ketones (excluding diaryl/α,β-unsaturated/α-hetero) is 1. The first-order valence-electron chi connectivity index (χ1n) is 6.67. The average Bonchev–Trinajstić information content (AvgIpc) is 2.81. The van der Waals surface area contributed by atoms with Crippen LogP contribution in [-0.2, 0) is 15.9 Å². The van der Waals surface area contributed by atoms with E-state index < -0.39 is 0 Å². The first-order valence-corrected chi connectivity index (χ1v) is 6.67. The van der Waals surface area contributed by atoms with E-state index in [1.165, 1.54) is 0 Å². The van der Waals surface area contributed by atoms with Crippen molar-refractivity contribution in [2.75, 3.05) is 33.5 Å². The van der Waals surface area contributed by atoms with Crippen LogP contribution >= 0.6 is 0 Å². The van der Waals surface area contributed by atoms with Gasteiger partial charge in [-0.15, -0.1) is 0 Å². The Morgan fingerprint density at radius 2 is 2.00 bits per heavy atom. The molecule has 104 valence electrons. The Morgan fingerprint density at radius 1 is 1.11 bits per heavy atom. The van der Waals surface area contributed by atoms with Crippen molar-refractivity contribution in [1.29, 1.82) is 0 Å². The van der Waals surface area contributed by atoms with Gasteiger partial charge in [-0.2, -0.15) is 0 Å². The van der Waals surface area contributed by atoms with Gasteiger partial charge in [0.2, 0.25) is 0 Å². The number of carbonyl (C=O) groups excluding carboxylic acids is 1. The molecule has 0 amide bonds. The van der Waals surface area contributed by atoms with Crippen molar-refractivity contribution in [3.8, 4) is 5.75 Å². The van der Waals surface area contributed by atoms with Crippen molar-refractivity contribution in [1.82, 2.24) is 0 Å². The van der Waals surface area contributed by atoms with Crippen LogP contribution < -0.4 is 4.74 Å². The molecule has 1 aromatic carbocycles. The minimum Gasteiger partial charge on any atom is -0.493 e. The molecule has 1 aliphatic rings. The molecular weight excluding hydrogens is 244 g/mol. The van der Waals surface area contributed by atoms with Crippen molar-refractivity contribution < 1.29 is 19.0 Å². The summed E-state index contributed by atoms with van der Waals surface area (Å²) in [6, 6.07) is 5.70. The predicted octanol–water partition coefficient (Wildman–Crippen LogP) is 2.25. The lowest BCUT2D eigenvalue weighted by Gasteiger charge is -2.10. The number of rotatable bonds is 8. The van der Waals surface area contributed by atoms with Gasteiger partial charge in [0, 0.05) is 37.7 Å². The lowest BCUT2D eigenvalue weighted by atomic mass is 10.1. The lowest BCUT2D eigenvalue weighted by Crippen LogP contribution is -2.07. The van der Waals surface area contributed by atoms with Gasteiger partial charge < -0.3 is 14.2 Å². The van der Waals surface area contributed by atoms with E-state index in [2.05, 4.69) is 0 Å². The molecule has 0 fully saturated rings. The van der Waals surface area contributed by atoms with Gasteiger partial charge in [-0.3, -0.25) is 4.79 Å². The standard InChI is InChI=1S/C15H20O4/c1-17-10-11-18-8-3-9-19-15-5-2-4-12-13(15)6-7-14(12)16/h2,4-5H,3,6-11H2,1H3. The van der Waals surface area contributed by atoms with Gasteiger partial charge in [-0.05, 0) is 12.5 Å². The van der Waals surface area contributed by atoms with E-state index in [4.69, 9.17) is 14.2 Å². The Labute approximate surface area is 113 Å². The largest absolute Gasteiger partial charge is 0.493 e. The second-order valence-electron chi connectivity index (χ2n) is 4.51. The van der Waals surface area contributed by atoms with Crippen molar-refractivity contribution in [2.45, 2.75) is 19.3 Å². The third kappa shape index (κ3) is 3.78. The van der Waals surface area contributed by atoms with E-state index in [0.29, 0.717) is 32.8 Å². The van der Waals surface area contributed by atoms with Crippen LogP contribution in [0.25, 0.3) is 0 Å². The number of carbonyl (C=O) groups is 1. The fourth-order valence-electron chi connectivity index (χ4n) is 2.18. The number of ketones is 1. The quantitative estimate of drug-likeness (QED) is 0.675. The van der Waals surface area contributed by atoms with E-state index >= 15 is 0 Å². The lowest BCUT2D eigenvalue weighted by molar-refractivity contribution is 0.0644. The molecule has 0 saturated carbocycles. The third-order valence-corrected chi connectivity index (χ3v) is 3.16. The minimum absolute atomic E-state index is 0.225. The minimum atomic E-state index is 0.225. The maximum atomic E-state index is 11.6. The normalized spacial score (nSPS) is 13.6. The molecule has 19 heavy (non-hydrogen) atoms. The van der Waals surface area contributed by atoms with Crippen molar-refractivity contribution >= 4 is 5.78 Å². The van der Waals surface area contributed by atoms with Crippen LogP contribution in [0.2, 0.25) is 0 Å². The molecule has 0 bridgehead atoms. The molecule has 1 aromatic rings. The summed E-state index contributed by atoms with van der Waals surface area (Å²) in [6.07, 6.45) is 2.24. The van der Waals surface area contributed by atoms with Crippen LogP contribution in [0.15, 0.2) is 18.2 Å². The molecule has 1 aliphatic carbocycles. The average molecular weight is 264 g/mol. The summed E-state index contributed by atoms with van der Waals surface area (Å²) in [5.41, 5.74) is 1.89. The molecule has 2 rings (SSSR count). The van der Waals surface area contributed by atoms with Crippen LogP contribution in [0, 0.1) is 0 Å². The van der Waals surface area contributed by atoms with E-state index in [-0.39, 0.29) is 5.78 Å². The Kier molecular flexibility index (Phi) is 5.36. The van der Waals surface area contributed by atoms with Gasteiger partial charge in [0.25, 0.3) is 0 Å². The molecule has 0 aliphatic heterocycles. The zero-order valence-corrected chi connectivity index (χ0v) is 11.3. The summed E-state index contributed by atoms with van der Waals surface area (Å²) in [5, 5.41) is 0. The van der Waals surface area contributed by atoms with Gasteiger partial charge >= 0.3 is 0 Å². The van der Waals surface area contributed by atoms with E-state index in [1.807, 2.05) is 18.2 Å². The second-order valence-corrected chi connectivity index (χ2v) is 4.51. The number of ether oxygens (including phenoxy) is 3. The van der Waals surface area contributed by atoms with Crippen LogP contribution in [0.3, 0.4) is 0 Å². The molecule has 4 nitrogen and oxygen atoms in total. The zero-order valence-electron chi connectivity index (χ0n) is 11.3. The molecule has 0 saturated heterocycles. The monoisotopic (exact) mass is 264 g/mol. The molecule has 0 aromatic heterocycles. The molecule has 0 spiro atoms. The van der Waals surface area contributed by atoms with E-state index in [0.717, 1.165) is 29.7 Å². The molecule has 0 atom stereocenters. The van der Waals surface area contributed by atoms with Gasteiger partial charge in [-0.1, -0.05) is 12.1 Å². The SMILES string of the molecule is COCCOCCCOc1cccc2c1CCC2=O. The van der Waals surface area contributed by atoms with Crippen LogP contribution in [0.4, 0.5) is 0 Å². The number of hydrogen-bond donors (Lipinski definition) is 0. The molecule has 0 heterocycles. The predicted molar refractivity (Wildman–Crippen MR) is 71.9 cm³/mol. The summed E-state index contributed by atoms with van der Waals surface area (Å²) in [6.45, 7) is 2.51. The topological polar surface area (TPSA) is 44.8 Å². The number of benzene rings is 1. The fourth-order valence-corrected chi connectivity index (χ4v) is 2.18. The summed E-state index contributed by atoms with van der Waals surface area (Å²) < 4.78 is 16.0. The second kappa shape index (κ2) is 7.26. The highest BCUT2D eigenvalue weighted by atomic mass is 16.5. The highest BCUT2D eigenvalue weighted by Crippen LogP contribution is 2.30. The summed E-state index contributed by atoms with van der Waals surface area (Å²) in [4.78, 5) is 11.6. The molecule has 0 unspecified atom stereocenters. The number of fused-ring (bicyclic) bond motifs is 1. The zero-order chi connectivity index (χ0) is 13.5.